The molecule has 1 aromatic heterocycles. The van der Waals surface area contributed by atoms with E-state index in [0.717, 1.165) is 18.5 Å². The average molecular weight is 168 g/mol. The van der Waals surface area contributed by atoms with Crippen molar-refractivity contribution < 1.29 is 4.39 Å². The van der Waals surface area contributed by atoms with Crippen molar-refractivity contribution in [3.05, 3.63) is 23.8 Å². The molecule has 1 saturated heterocycles. The molecule has 0 bridgehead atoms. The van der Waals surface area contributed by atoms with Crippen LogP contribution in [0, 0.1) is 5.95 Å². The SMILES string of the molecule is Fc1cc([C@H]2CCCCN2)c[nH]1. The minimum absolute atomic E-state index is 0.239. The van der Waals surface area contributed by atoms with Crippen molar-refractivity contribution in [2.45, 2.75) is 25.3 Å². The van der Waals surface area contributed by atoms with Crippen molar-refractivity contribution in [2.24, 2.45) is 0 Å². The molecule has 3 heteroatoms. The molecule has 0 unspecified atom stereocenters. The molecule has 2 rings (SSSR count). The zero-order valence-corrected chi connectivity index (χ0v) is 6.94. The predicted octanol–water partition coefficient (Wildman–Crippen LogP) is 1.97. The molecule has 0 radical (unpaired) electrons. The van der Waals surface area contributed by atoms with Crippen LogP contribution in [0.15, 0.2) is 12.3 Å². The Kier molecular flexibility index (Phi) is 2.13. The van der Waals surface area contributed by atoms with Crippen LogP contribution in [0.1, 0.15) is 30.9 Å². The van der Waals surface area contributed by atoms with Crippen LogP contribution in [0.25, 0.3) is 0 Å². The molecular formula is C9H13FN2. The Morgan fingerprint density at radius 3 is 2.92 bits per heavy atom. The first-order chi connectivity index (χ1) is 5.86. The number of H-pyrrole nitrogens is 1. The van der Waals surface area contributed by atoms with Gasteiger partial charge < -0.3 is 10.3 Å². The van der Waals surface area contributed by atoms with Gasteiger partial charge in [0.05, 0.1) is 0 Å². The lowest BCUT2D eigenvalue weighted by atomic mass is 10.0. The van der Waals surface area contributed by atoms with E-state index in [2.05, 4.69) is 10.3 Å². The van der Waals surface area contributed by atoms with E-state index >= 15 is 0 Å². The van der Waals surface area contributed by atoms with Gasteiger partial charge in [-0.2, -0.15) is 4.39 Å². The first-order valence-corrected chi connectivity index (χ1v) is 4.43. The van der Waals surface area contributed by atoms with Crippen LogP contribution >= 0.6 is 0 Å². The minimum Gasteiger partial charge on any atom is -0.338 e. The van der Waals surface area contributed by atoms with Crippen LogP contribution in [0.3, 0.4) is 0 Å². The van der Waals surface area contributed by atoms with Crippen molar-refractivity contribution in [3.8, 4) is 0 Å². The zero-order chi connectivity index (χ0) is 8.39. The molecule has 0 aliphatic carbocycles. The largest absolute Gasteiger partial charge is 0.338 e. The third kappa shape index (κ3) is 1.50. The molecule has 0 amide bonds. The van der Waals surface area contributed by atoms with Gasteiger partial charge in [0, 0.05) is 12.2 Å². The molecule has 2 N–H and O–H groups in total. The standard InChI is InChI=1S/C9H13FN2/c10-9-5-7(6-12-9)8-3-1-2-4-11-8/h5-6,8,11-12H,1-4H2/t8-/m1/s1. The fourth-order valence-electron chi connectivity index (χ4n) is 1.72. The van der Waals surface area contributed by atoms with Crippen molar-refractivity contribution >= 4 is 0 Å². The summed E-state index contributed by atoms with van der Waals surface area (Å²) in [5.41, 5.74) is 1.05. The van der Waals surface area contributed by atoms with Gasteiger partial charge >= 0.3 is 0 Å². The molecule has 0 spiro atoms. The van der Waals surface area contributed by atoms with Crippen LogP contribution in [0.4, 0.5) is 4.39 Å². The number of hydrogen-bond donors (Lipinski definition) is 2. The Morgan fingerprint density at radius 1 is 1.42 bits per heavy atom. The summed E-state index contributed by atoms with van der Waals surface area (Å²) in [5, 5.41) is 3.36. The van der Waals surface area contributed by atoms with Gasteiger partial charge in [0.15, 0.2) is 5.95 Å². The number of piperidine rings is 1. The Hall–Kier alpha value is -0.830. The summed E-state index contributed by atoms with van der Waals surface area (Å²) in [4.78, 5) is 2.56. The van der Waals surface area contributed by atoms with Crippen molar-refractivity contribution in [2.75, 3.05) is 6.54 Å². The summed E-state index contributed by atoms with van der Waals surface area (Å²) in [7, 11) is 0. The summed E-state index contributed by atoms with van der Waals surface area (Å²) in [6.07, 6.45) is 5.35. The summed E-state index contributed by atoms with van der Waals surface area (Å²) in [5.74, 6) is -0.239. The molecule has 12 heavy (non-hydrogen) atoms. The maximum Gasteiger partial charge on any atom is 0.191 e. The third-order valence-electron chi connectivity index (χ3n) is 2.38. The van der Waals surface area contributed by atoms with Crippen LogP contribution in [0.2, 0.25) is 0 Å². The van der Waals surface area contributed by atoms with Crippen LogP contribution in [-0.4, -0.2) is 11.5 Å². The van der Waals surface area contributed by atoms with E-state index in [9.17, 15) is 4.39 Å². The van der Waals surface area contributed by atoms with Crippen LogP contribution in [0.5, 0.6) is 0 Å². The molecule has 1 aliphatic heterocycles. The molecule has 0 aromatic carbocycles. The van der Waals surface area contributed by atoms with Crippen molar-refractivity contribution in [1.82, 2.24) is 10.3 Å². The molecule has 2 heterocycles. The second-order valence-corrected chi connectivity index (χ2v) is 3.28. The Labute approximate surface area is 71.2 Å². The maximum absolute atomic E-state index is 12.6. The first kappa shape index (κ1) is 7.80. The van der Waals surface area contributed by atoms with Gasteiger partial charge in [-0.1, -0.05) is 6.42 Å². The van der Waals surface area contributed by atoms with Crippen LogP contribution < -0.4 is 5.32 Å². The number of aromatic amines is 1. The van der Waals surface area contributed by atoms with E-state index in [1.807, 2.05) is 0 Å². The highest BCUT2D eigenvalue weighted by molar-refractivity contribution is 5.15. The summed E-state index contributed by atoms with van der Waals surface area (Å²) in [6.45, 7) is 1.05. The molecule has 66 valence electrons. The quantitative estimate of drug-likeness (QED) is 0.659. The van der Waals surface area contributed by atoms with E-state index in [0.29, 0.717) is 6.04 Å². The van der Waals surface area contributed by atoms with Gasteiger partial charge in [-0.05, 0) is 31.0 Å². The minimum atomic E-state index is -0.239. The average Bonchev–Trinajstić information content (AvgIpc) is 2.54. The van der Waals surface area contributed by atoms with Gasteiger partial charge in [0.1, 0.15) is 0 Å². The smallest absolute Gasteiger partial charge is 0.191 e. The van der Waals surface area contributed by atoms with Crippen LogP contribution in [-0.2, 0) is 0 Å². The van der Waals surface area contributed by atoms with Gasteiger partial charge in [-0.3, -0.25) is 0 Å². The first-order valence-electron chi connectivity index (χ1n) is 4.43. The lowest BCUT2D eigenvalue weighted by Gasteiger charge is -2.22. The second kappa shape index (κ2) is 3.27. The zero-order valence-electron chi connectivity index (χ0n) is 6.94. The van der Waals surface area contributed by atoms with Gasteiger partial charge in [0.2, 0.25) is 0 Å². The highest BCUT2D eigenvalue weighted by atomic mass is 19.1. The molecular weight excluding hydrogens is 155 g/mol. The topological polar surface area (TPSA) is 27.8 Å². The molecule has 2 nitrogen and oxygen atoms in total. The molecule has 1 fully saturated rings. The third-order valence-corrected chi connectivity index (χ3v) is 2.38. The predicted molar refractivity (Wildman–Crippen MR) is 45.3 cm³/mol. The summed E-state index contributed by atoms with van der Waals surface area (Å²) >= 11 is 0. The summed E-state index contributed by atoms with van der Waals surface area (Å²) < 4.78 is 12.6. The van der Waals surface area contributed by atoms with E-state index in [4.69, 9.17) is 0 Å². The molecule has 1 aromatic rings. The van der Waals surface area contributed by atoms with Gasteiger partial charge in [-0.15, -0.1) is 0 Å². The second-order valence-electron chi connectivity index (χ2n) is 3.28. The highest BCUT2D eigenvalue weighted by Gasteiger charge is 2.15. The lowest BCUT2D eigenvalue weighted by molar-refractivity contribution is 0.412. The van der Waals surface area contributed by atoms with Crippen molar-refractivity contribution in [3.63, 3.8) is 0 Å². The Morgan fingerprint density at radius 2 is 2.33 bits per heavy atom. The summed E-state index contributed by atoms with van der Waals surface area (Å²) in [6, 6.07) is 1.93. The number of rotatable bonds is 1. The van der Waals surface area contributed by atoms with Gasteiger partial charge in [0.25, 0.3) is 0 Å². The number of halogens is 1. The van der Waals surface area contributed by atoms with E-state index < -0.39 is 0 Å². The number of hydrogen-bond acceptors (Lipinski definition) is 1. The highest BCUT2D eigenvalue weighted by Crippen LogP contribution is 2.22. The molecule has 1 atom stereocenters. The number of nitrogens with one attached hydrogen (secondary N) is 2. The fourth-order valence-corrected chi connectivity index (χ4v) is 1.72. The van der Waals surface area contributed by atoms with Gasteiger partial charge in [-0.25, -0.2) is 0 Å². The fraction of sp³-hybridized carbons (Fsp3) is 0.556. The van der Waals surface area contributed by atoms with E-state index in [1.165, 1.54) is 12.8 Å². The normalized spacial score (nSPS) is 24.2. The molecule has 1 aliphatic rings. The Balaban J connectivity index is 2.08. The van der Waals surface area contributed by atoms with E-state index in [-0.39, 0.29) is 5.95 Å². The van der Waals surface area contributed by atoms with E-state index in [1.54, 1.807) is 12.3 Å². The number of aromatic nitrogens is 1. The Bertz CT molecular complexity index is 251. The lowest BCUT2D eigenvalue weighted by Crippen LogP contribution is -2.26. The van der Waals surface area contributed by atoms with Crippen molar-refractivity contribution in [1.29, 1.82) is 0 Å². The molecule has 0 saturated carbocycles. The maximum atomic E-state index is 12.6. The monoisotopic (exact) mass is 168 g/mol.